The summed E-state index contributed by atoms with van der Waals surface area (Å²) in [6.07, 6.45) is 1.33. The fourth-order valence-corrected chi connectivity index (χ4v) is 2.57. The maximum Gasteiger partial charge on any atom is 0.407 e. The van der Waals surface area contributed by atoms with Gasteiger partial charge in [0.15, 0.2) is 0 Å². The Kier molecular flexibility index (Phi) is 4.14. The summed E-state index contributed by atoms with van der Waals surface area (Å²) in [5.41, 5.74) is 0.673. The molecule has 0 spiro atoms. The van der Waals surface area contributed by atoms with Gasteiger partial charge in [-0.3, -0.25) is 0 Å². The highest BCUT2D eigenvalue weighted by atomic mass is 35.5. The molecule has 2 heterocycles. The second-order valence-electron chi connectivity index (χ2n) is 4.96. The lowest BCUT2D eigenvalue weighted by molar-refractivity contribution is 0.153. The highest BCUT2D eigenvalue weighted by molar-refractivity contribution is 6.30. The molecule has 6 heteroatoms. The van der Waals surface area contributed by atoms with Gasteiger partial charge in [0.1, 0.15) is 5.82 Å². The number of carboxylic acid groups (broad SMARTS) is 1. The average Bonchev–Trinajstić information content (AvgIpc) is 2.74. The molecule has 1 aromatic rings. The molecule has 0 bridgehead atoms. The zero-order valence-electron chi connectivity index (χ0n) is 11.1. The normalized spacial score (nSPS) is 18.7. The fraction of sp³-hybridized carbons (Fsp3) is 0.538. The van der Waals surface area contributed by atoms with Gasteiger partial charge in [0.2, 0.25) is 0 Å². The van der Waals surface area contributed by atoms with Crippen LogP contribution < -0.4 is 4.90 Å². The van der Waals surface area contributed by atoms with Gasteiger partial charge < -0.3 is 14.9 Å². The highest BCUT2D eigenvalue weighted by Gasteiger charge is 2.22. The molecule has 1 saturated heterocycles. The lowest BCUT2D eigenvalue weighted by atomic mass is 10.2. The smallest absolute Gasteiger partial charge is 0.407 e. The van der Waals surface area contributed by atoms with Crippen LogP contribution in [0.5, 0.6) is 0 Å². The van der Waals surface area contributed by atoms with Crippen LogP contribution >= 0.6 is 11.6 Å². The molecule has 1 N–H and O–H groups in total. The first kappa shape index (κ1) is 13.9. The van der Waals surface area contributed by atoms with E-state index in [0.29, 0.717) is 16.8 Å². The topological polar surface area (TPSA) is 56.7 Å². The Morgan fingerprint density at radius 2 is 2.37 bits per heavy atom. The van der Waals surface area contributed by atoms with Crippen LogP contribution in [0.2, 0.25) is 5.02 Å². The molecule has 104 valence electrons. The number of aromatic nitrogens is 1. The van der Waals surface area contributed by atoms with E-state index >= 15 is 0 Å². The van der Waals surface area contributed by atoms with E-state index in [2.05, 4.69) is 16.8 Å². The molecule has 1 aromatic heterocycles. The SMILES string of the molecule is C[C@@H]1CCCN1c1cc(Cl)cc(CN(C)C(=O)O)n1. The molecule has 1 atom stereocenters. The Morgan fingerprint density at radius 3 is 2.95 bits per heavy atom. The third kappa shape index (κ3) is 3.29. The zero-order chi connectivity index (χ0) is 14.0. The van der Waals surface area contributed by atoms with Crippen molar-refractivity contribution in [2.45, 2.75) is 32.4 Å². The van der Waals surface area contributed by atoms with Gasteiger partial charge in [0.05, 0.1) is 12.2 Å². The Balaban J connectivity index is 2.21. The molecular formula is C13H18ClN3O2. The van der Waals surface area contributed by atoms with Gasteiger partial charge >= 0.3 is 6.09 Å². The summed E-state index contributed by atoms with van der Waals surface area (Å²) in [5, 5.41) is 9.49. The second-order valence-corrected chi connectivity index (χ2v) is 5.39. The van der Waals surface area contributed by atoms with E-state index in [0.717, 1.165) is 25.2 Å². The second kappa shape index (κ2) is 5.65. The number of hydrogen-bond acceptors (Lipinski definition) is 3. The molecule has 0 saturated carbocycles. The Labute approximate surface area is 117 Å². The Bertz CT molecular complexity index is 481. The predicted molar refractivity (Wildman–Crippen MR) is 74.8 cm³/mol. The first-order chi connectivity index (χ1) is 8.97. The minimum absolute atomic E-state index is 0.241. The predicted octanol–water partition coefficient (Wildman–Crippen LogP) is 2.83. The van der Waals surface area contributed by atoms with Crippen LogP contribution in [0.3, 0.4) is 0 Å². The number of carbonyl (C=O) groups is 1. The molecule has 1 fully saturated rings. The molecule has 1 amide bonds. The van der Waals surface area contributed by atoms with Crippen LogP contribution in [0.4, 0.5) is 10.6 Å². The number of hydrogen-bond donors (Lipinski definition) is 1. The van der Waals surface area contributed by atoms with Crippen LogP contribution in [0.1, 0.15) is 25.5 Å². The summed E-state index contributed by atoms with van der Waals surface area (Å²) < 4.78 is 0. The van der Waals surface area contributed by atoms with Gasteiger partial charge in [-0.15, -0.1) is 0 Å². The Hall–Kier alpha value is -1.49. The first-order valence-electron chi connectivity index (χ1n) is 6.34. The zero-order valence-corrected chi connectivity index (χ0v) is 11.9. The molecule has 2 rings (SSSR count). The van der Waals surface area contributed by atoms with Gasteiger partial charge in [-0.05, 0) is 31.9 Å². The third-order valence-corrected chi connectivity index (χ3v) is 3.62. The van der Waals surface area contributed by atoms with Crippen molar-refractivity contribution in [1.82, 2.24) is 9.88 Å². The molecule has 19 heavy (non-hydrogen) atoms. The standard InChI is InChI=1S/C13H18ClN3O2/c1-9-4-3-5-17(9)12-7-10(14)6-11(15-12)8-16(2)13(18)19/h6-7,9H,3-5,8H2,1-2H3,(H,18,19)/t9-/m1/s1. The van der Waals surface area contributed by atoms with Gasteiger partial charge in [0, 0.05) is 24.7 Å². The monoisotopic (exact) mass is 283 g/mol. The van der Waals surface area contributed by atoms with Gasteiger partial charge in [-0.25, -0.2) is 9.78 Å². The van der Waals surface area contributed by atoms with Crippen molar-refractivity contribution in [3.63, 3.8) is 0 Å². The molecule has 0 aliphatic carbocycles. The van der Waals surface area contributed by atoms with Crippen LogP contribution in [0.15, 0.2) is 12.1 Å². The lowest BCUT2D eigenvalue weighted by Gasteiger charge is -2.23. The quantitative estimate of drug-likeness (QED) is 0.927. The minimum atomic E-state index is -0.974. The van der Waals surface area contributed by atoms with E-state index in [1.54, 1.807) is 6.07 Å². The summed E-state index contributed by atoms with van der Waals surface area (Å²) in [4.78, 5) is 18.8. The fourth-order valence-electron chi connectivity index (χ4n) is 2.35. The van der Waals surface area contributed by atoms with Crippen molar-refractivity contribution in [1.29, 1.82) is 0 Å². The summed E-state index contributed by atoms with van der Waals surface area (Å²) in [6.45, 7) is 3.38. The van der Waals surface area contributed by atoms with Crippen molar-refractivity contribution in [3.05, 3.63) is 22.8 Å². The van der Waals surface area contributed by atoms with Crippen molar-refractivity contribution in [2.24, 2.45) is 0 Å². The summed E-state index contributed by atoms with van der Waals surface area (Å²) in [5.74, 6) is 0.839. The minimum Gasteiger partial charge on any atom is -0.465 e. The van der Waals surface area contributed by atoms with E-state index in [4.69, 9.17) is 16.7 Å². The highest BCUT2D eigenvalue weighted by Crippen LogP contribution is 2.26. The molecule has 0 aromatic carbocycles. The van der Waals surface area contributed by atoms with Crippen LogP contribution in [-0.2, 0) is 6.54 Å². The van der Waals surface area contributed by atoms with Crippen LogP contribution in [0.25, 0.3) is 0 Å². The number of anilines is 1. The largest absolute Gasteiger partial charge is 0.465 e. The van der Waals surface area contributed by atoms with Crippen molar-refractivity contribution < 1.29 is 9.90 Å². The summed E-state index contributed by atoms with van der Waals surface area (Å²) in [6, 6.07) is 4.01. The van der Waals surface area contributed by atoms with Crippen molar-refractivity contribution >= 4 is 23.5 Å². The number of pyridine rings is 1. The van der Waals surface area contributed by atoms with E-state index in [-0.39, 0.29) is 6.54 Å². The number of halogens is 1. The van der Waals surface area contributed by atoms with Crippen molar-refractivity contribution in [3.8, 4) is 0 Å². The van der Waals surface area contributed by atoms with Crippen LogP contribution in [-0.4, -0.2) is 40.7 Å². The molecule has 0 unspecified atom stereocenters. The van der Waals surface area contributed by atoms with Crippen molar-refractivity contribution in [2.75, 3.05) is 18.5 Å². The van der Waals surface area contributed by atoms with E-state index < -0.39 is 6.09 Å². The maximum absolute atomic E-state index is 10.8. The molecular weight excluding hydrogens is 266 g/mol. The van der Waals surface area contributed by atoms with Gasteiger partial charge in [-0.1, -0.05) is 11.6 Å². The van der Waals surface area contributed by atoms with Crippen LogP contribution in [0, 0.1) is 0 Å². The molecule has 5 nitrogen and oxygen atoms in total. The third-order valence-electron chi connectivity index (χ3n) is 3.40. The molecule has 1 aliphatic heterocycles. The maximum atomic E-state index is 10.8. The number of amides is 1. The molecule has 1 aliphatic rings. The first-order valence-corrected chi connectivity index (χ1v) is 6.72. The van der Waals surface area contributed by atoms with E-state index in [9.17, 15) is 4.79 Å². The van der Waals surface area contributed by atoms with Gasteiger partial charge in [-0.2, -0.15) is 0 Å². The number of rotatable bonds is 3. The summed E-state index contributed by atoms with van der Waals surface area (Å²) >= 11 is 6.11. The lowest BCUT2D eigenvalue weighted by Crippen LogP contribution is -2.28. The van der Waals surface area contributed by atoms with E-state index in [1.165, 1.54) is 11.9 Å². The summed E-state index contributed by atoms with van der Waals surface area (Å²) in [7, 11) is 1.52. The van der Waals surface area contributed by atoms with Gasteiger partial charge in [0.25, 0.3) is 0 Å². The number of nitrogens with zero attached hydrogens (tertiary/aromatic N) is 3. The average molecular weight is 284 g/mol. The molecule has 0 radical (unpaired) electrons. The Morgan fingerprint density at radius 1 is 1.63 bits per heavy atom. The van der Waals surface area contributed by atoms with E-state index in [1.807, 2.05) is 6.07 Å².